The van der Waals surface area contributed by atoms with Crippen LogP contribution in [0.4, 0.5) is 3.89 Å². The van der Waals surface area contributed by atoms with Gasteiger partial charge in [0.1, 0.15) is 0 Å². The van der Waals surface area contributed by atoms with Crippen molar-refractivity contribution in [1.82, 2.24) is 0 Å². The van der Waals surface area contributed by atoms with E-state index in [1.54, 1.807) is 6.07 Å². The second-order valence-electron chi connectivity index (χ2n) is 2.20. The van der Waals surface area contributed by atoms with Crippen LogP contribution in [0.5, 0.6) is 0 Å². The summed E-state index contributed by atoms with van der Waals surface area (Å²) >= 11 is 4.64. The minimum atomic E-state index is -4.32. The highest BCUT2D eigenvalue weighted by Crippen LogP contribution is 2.22. The number of hydrogen-bond acceptors (Lipinski definition) is 3. The van der Waals surface area contributed by atoms with Gasteiger partial charge in [0.05, 0.1) is 9.54 Å². The minimum absolute atomic E-state index is 0.245. The molecular weight excluding hydrogens is 267 g/mol. The fraction of sp³-hybridized carbons (Fsp3) is 0.333. The van der Waals surface area contributed by atoms with Crippen LogP contribution >= 0.6 is 27.3 Å². The Kier molecular flexibility index (Phi) is 3.25. The van der Waals surface area contributed by atoms with Gasteiger partial charge in [-0.15, -0.1) is 15.2 Å². The summed E-state index contributed by atoms with van der Waals surface area (Å²) in [6.07, 6.45) is 0.245. The minimum Gasteiger partial charge on any atom is -0.195 e. The lowest BCUT2D eigenvalue weighted by Gasteiger charge is -1.91. The predicted molar refractivity (Wildman–Crippen MR) is 50.6 cm³/mol. The maximum absolute atomic E-state index is 12.0. The molecule has 0 aliphatic carbocycles. The molecule has 0 amide bonds. The highest BCUT2D eigenvalue weighted by atomic mass is 79.9. The molecule has 0 fully saturated rings. The topological polar surface area (TPSA) is 34.1 Å². The van der Waals surface area contributed by atoms with Crippen LogP contribution < -0.4 is 0 Å². The first-order valence-electron chi connectivity index (χ1n) is 3.14. The van der Waals surface area contributed by atoms with Crippen molar-refractivity contribution in [1.29, 1.82) is 0 Å². The molecular formula is C6H6BrFO2S2. The van der Waals surface area contributed by atoms with Crippen molar-refractivity contribution in [3.05, 3.63) is 20.8 Å². The molecule has 0 unspecified atom stereocenters. The number of hydrogen-bond donors (Lipinski definition) is 0. The largest absolute Gasteiger partial charge is 0.302 e. The smallest absolute Gasteiger partial charge is 0.195 e. The van der Waals surface area contributed by atoms with Crippen LogP contribution in [0.2, 0.25) is 0 Å². The van der Waals surface area contributed by atoms with Gasteiger partial charge < -0.3 is 0 Å². The lowest BCUT2D eigenvalue weighted by Crippen LogP contribution is -2.00. The summed E-state index contributed by atoms with van der Waals surface area (Å²) in [7, 11) is -4.32. The summed E-state index contributed by atoms with van der Waals surface area (Å²) in [6.45, 7) is 0. The van der Waals surface area contributed by atoms with Gasteiger partial charge in [0.15, 0.2) is 0 Å². The molecule has 2 nitrogen and oxygen atoms in total. The molecule has 68 valence electrons. The summed E-state index contributed by atoms with van der Waals surface area (Å²) in [5, 5.41) is 0. The van der Waals surface area contributed by atoms with Crippen molar-refractivity contribution in [3.8, 4) is 0 Å². The average molecular weight is 273 g/mol. The number of aryl methyl sites for hydroxylation is 1. The van der Waals surface area contributed by atoms with Gasteiger partial charge in [-0.25, -0.2) is 0 Å². The molecule has 0 aliphatic rings. The van der Waals surface area contributed by atoms with Crippen LogP contribution in [0.15, 0.2) is 15.9 Å². The normalized spacial score (nSPS) is 11.8. The van der Waals surface area contributed by atoms with E-state index < -0.39 is 16.0 Å². The van der Waals surface area contributed by atoms with Gasteiger partial charge in [-0.2, -0.15) is 8.42 Å². The van der Waals surface area contributed by atoms with Gasteiger partial charge >= 0.3 is 10.2 Å². The molecule has 0 radical (unpaired) electrons. The molecule has 1 aromatic rings. The van der Waals surface area contributed by atoms with Crippen LogP contribution in [-0.4, -0.2) is 14.2 Å². The summed E-state index contributed by atoms with van der Waals surface area (Å²) < 4.78 is 33.2. The van der Waals surface area contributed by atoms with Gasteiger partial charge in [0.25, 0.3) is 0 Å². The van der Waals surface area contributed by atoms with Gasteiger partial charge in [-0.3, -0.25) is 0 Å². The lowest BCUT2D eigenvalue weighted by atomic mass is 10.4. The molecule has 0 bridgehead atoms. The van der Waals surface area contributed by atoms with E-state index >= 15 is 0 Å². The Morgan fingerprint density at radius 1 is 1.50 bits per heavy atom. The maximum Gasteiger partial charge on any atom is 0.302 e. The van der Waals surface area contributed by atoms with Gasteiger partial charge in [0.2, 0.25) is 0 Å². The van der Waals surface area contributed by atoms with Crippen LogP contribution in [0.1, 0.15) is 4.88 Å². The molecule has 0 saturated carbocycles. The lowest BCUT2D eigenvalue weighted by molar-refractivity contribution is 0.551. The quantitative estimate of drug-likeness (QED) is 0.792. The summed E-state index contributed by atoms with van der Waals surface area (Å²) in [5.74, 6) is -0.431. The second-order valence-corrected chi connectivity index (χ2v) is 6.23. The number of halogens is 2. The van der Waals surface area contributed by atoms with E-state index in [9.17, 15) is 12.3 Å². The van der Waals surface area contributed by atoms with E-state index in [1.807, 2.05) is 6.07 Å². The Balaban J connectivity index is 2.55. The van der Waals surface area contributed by atoms with Gasteiger partial charge in [-0.1, -0.05) is 0 Å². The third-order valence-electron chi connectivity index (χ3n) is 1.22. The molecule has 0 atom stereocenters. The zero-order chi connectivity index (χ0) is 9.19. The Labute approximate surface area is 82.8 Å². The number of thiophene rings is 1. The van der Waals surface area contributed by atoms with Crippen molar-refractivity contribution in [2.24, 2.45) is 0 Å². The summed E-state index contributed by atoms with van der Waals surface area (Å²) in [4.78, 5) is 0.864. The van der Waals surface area contributed by atoms with E-state index in [4.69, 9.17) is 0 Å². The Morgan fingerprint density at radius 2 is 2.17 bits per heavy atom. The first kappa shape index (κ1) is 10.1. The third-order valence-corrected chi connectivity index (χ3v) is 3.60. The molecule has 0 aromatic carbocycles. The van der Waals surface area contributed by atoms with E-state index in [2.05, 4.69) is 15.9 Å². The standard InChI is InChI=1S/C6H6BrFO2S2/c7-6-2-1-5(11-6)3-4-12(8,9)10/h1-2H,3-4H2. The first-order valence-corrected chi connectivity index (χ1v) is 6.30. The fourth-order valence-electron chi connectivity index (χ4n) is 0.709. The van der Waals surface area contributed by atoms with Crippen LogP contribution in [0.25, 0.3) is 0 Å². The zero-order valence-corrected chi connectivity index (χ0v) is 9.18. The van der Waals surface area contributed by atoms with Crippen LogP contribution in [-0.2, 0) is 16.6 Å². The van der Waals surface area contributed by atoms with Crippen LogP contribution in [0, 0.1) is 0 Å². The molecule has 0 aliphatic heterocycles. The summed E-state index contributed by atoms with van der Waals surface area (Å²) in [5.41, 5.74) is 0. The molecule has 6 heteroatoms. The Hall–Kier alpha value is 0.0600. The molecule has 1 rings (SSSR count). The third kappa shape index (κ3) is 3.64. The predicted octanol–water partition coefficient (Wildman–Crippen LogP) is 2.35. The van der Waals surface area contributed by atoms with Crippen molar-refractivity contribution in [2.45, 2.75) is 6.42 Å². The molecule has 1 aromatic heterocycles. The Bertz CT molecular complexity index is 357. The monoisotopic (exact) mass is 272 g/mol. The van der Waals surface area contributed by atoms with Crippen molar-refractivity contribution >= 4 is 37.5 Å². The zero-order valence-electron chi connectivity index (χ0n) is 5.96. The molecule has 1 heterocycles. The fourth-order valence-corrected chi connectivity index (χ4v) is 2.78. The Morgan fingerprint density at radius 3 is 2.58 bits per heavy atom. The van der Waals surface area contributed by atoms with Crippen molar-refractivity contribution in [2.75, 3.05) is 5.75 Å². The van der Waals surface area contributed by atoms with Crippen molar-refractivity contribution < 1.29 is 12.3 Å². The van der Waals surface area contributed by atoms with E-state index in [-0.39, 0.29) is 6.42 Å². The highest BCUT2D eigenvalue weighted by molar-refractivity contribution is 9.11. The summed E-state index contributed by atoms with van der Waals surface area (Å²) in [6, 6.07) is 3.59. The first-order chi connectivity index (χ1) is 5.47. The van der Waals surface area contributed by atoms with Gasteiger partial charge in [-0.05, 0) is 34.5 Å². The SMILES string of the molecule is O=S(=O)(F)CCc1ccc(Br)s1. The van der Waals surface area contributed by atoms with Gasteiger partial charge in [0, 0.05) is 4.88 Å². The molecule has 0 N–H and O–H groups in total. The average Bonchev–Trinajstić information content (AvgIpc) is 2.30. The molecule has 0 spiro atoms. The van der Waals surface area contributed by atoms with Crippen LogP contribution in [0.3, 0.4) is 0 Å². The maximum atomic E-state index is 12.0. The van der Waals surface area contributed by atoms with Crippen molar-refractivity contribution in [3.63, 3.8) is 0 Å². The highest BCUT2D eigenvalue weighted by Gasteiger charge is 2.08. The van der Waals surface area contributed by atoms with E-state index in [0.717, 1.165) is 8.66 Å². The molecule has 12 heavy (non-hydrogen) atoms. The van der Waals surface area contributed by atoms with E-state index in [1.165, 1.54) is 11.3 Å². The number of rotatable bonds is 3. The second kappa shape index (κ2) is 3.85. The van der Waals surface area contributed by atoms with E-state index in [0.29, 0.717) is 0 Å². The molecule has 0 saturated heterocycles.